The maximum absolute atomic E-state index is 13.5. The Morgan fingerprint density at radius 3 is 2.40 bits per heavy atom. The molecule has 40 heavy (non-hydrogen) atoms. The number of benzene rings is 3. The molecule has 1 heterocycles. The van der Waals surface area contributed by atoms with Crippen molar-refractivity contribution < 1.29 is 22.4 Å². The van der Waals surface area contributed by atoms with Gasteiger partial charge in [-0.15, -0.1) is 0 Å². The molecule has 10 heteroatoms. The number of amides is 1. The zero-order chi connectivity index (χ0) is 29.0. The Kier molecular flexibility index (Phi) is 8.61. The van der Waals surface area contributed by atoms with Crippen molar-refractivity contribution >= 4 is 44.0 Å². The fourth-order valence-electron chi connectivity index (χ4n) is 4.39. The van der Waals surface area contributed by atoms with Crippen molar-refractivity contribution in [3.05, 3.63) is 88.8 Å². The van der Waals surface area contributed by atoms with E-state index in [4.69, 9.17) is 9.15 Å². The number of carbonyl (C=O) groups is 1. The van der Waals surface area contributed by atoms with Crippen molar-refractivity contribution in [2.75, 3.05) is 24.4 Å². The van der Waals surface area contributed by atoms with Crippen molar-refractivity contribution in [2.45, 2.75) is 38.1 Å². The first-order valence-electron chi connectivity index (χ1n) is 12.8. The largest absolute Gasteiger partial charge is 0.495 e. The number of nitrogens with one attached hydrogen (secondary N) is 2. The van der Waals surface area contributed by atoms with E-state index in [1.165, 1.54) is 25.3 Å². The van der Waals surface area contributed by atoms with Gasteiger partial charge in [0.05, 0.1) is 23.4 Å². The minimum atomic E-state index is -3.95. The van der Waals surface area contributed by atoms with Crippen molar-refractivity contribution in [2.24, 2.45) is 5.92 Å². The van der Waals surface area contributed by atoms with Crippen LogP contribution < -0.4 is 25.3 Å². The maximum atomic E-state index is 13.5. The molecule has 1 unspecified atom stereocenters. The van der Waals surface area contributed by atoms with E-state index in [2.05, 4.69) is 10.0 Å². The Morgan fingerprint density at radius 2 is 1.73 bits per heavy atom. The quantitative estimate of drug-likeness (QED) is 0.254. The van der Waals surface area contributed by atoms with Gasteiger partial charge >= 0.3 is 5.63 Å². The number of hydrogen-bond acceptors (Lipinski definition) is 7. The first kappa shape index (κ1) is 28.8. The number of methoxy groups -OCH3 is 1. The number of carbonyl (C=O) groups excluding carboxylic acids is 1. The molecule has 0 bridgehead atoms. The second-order valence-corrected chi connectivity index (χ2v) is 11.7. The molecule has 0 radical (unpaired) electrons. The van der Waals surface area contributed by atoms with Gasteiger partial charge in [-0.1, -0.05) is 43.7 Å². The Hall–Kier alpha value is -4.15. The van der Waals surface area contributed by atoms with Gasteiger partial charge in [-0.2, -0.15) is 4.72 Å². The van der Waals surface area contributed by atoms with Crippen LogP contribution in [-0.4, -0.2) is 34.5 Å². The standard InChI is InChI=1S/C30H33N3O6S/c1-19(2)16-25(32-40(36,37)22-13-10-20(3)11-14-22)30(35)31-24-17-21(12-15-28(24)38-5)33(4)26-18-29(34)39-27-9-7-6-8-23(26)27/h6-15,17-19,25,32H,16H2,1-5H3,(H,31,35). The third kappa shape index (κ3) is 6.52. The van der Waals surface area contributed by atoms with Gasteiger partial charge in [0.25, 0.3) is 0 Å². The van der Waals surface area contributed by atoms with E-state index >= 15 is 0 Å². The number of nitrogens with zero attached hydrogens (tertiary/aromatic N) is 1. The summed E-state index contributed by atoms with van der Waals surface area (Å²) in [5, 5.41) is 3.59. The maximum Gasteiger partial charge on any atom is 0.338 e. The Balaban J connectivity index is 1.65. The molecule has 0 aliphatic carbocycles. The lowest BCUT2D eigenvalue weighted by molar-refractivity contribution is -0.118. The molecular weight excluding hydrogens is 530 g/mol. The van der Waals surface area contributed by atoms with Crippen LogP contribution in [0, 0.1) is 12.8 Å². The van der Waals surface area contributed by atoms with Crippen LogP contribution in [0.2, 0.25) is 0 Å². The Morgan fingerprint density at radius 1 is 1.02 bits per heavy atom. The molecule has 0 spiro atoms. The fourth-order valence-corrected chi connectivity index (χ4v) is 5.59. The number of sulfonamides is 1. The normalized spacial score (nSPS) is 12.3. The van der Waals surface area contributed by atoms with E-state index in [1.54, 1.807) is 54.4 Å². The summed E-state index contributed by atoms with van der Waals surface area (Å²) in [5.74, 6) is -0.0881. The molecule has 1 aromatic heterocycles. The van der Waals surface area contributed by atoms with Gasteiger partial charge in [-0.25, -0.2) is 13.2 Å². The average Bonchev–Trinajstić information content (AvgIpc) is 2.91. The average molecular weight is 564 g/mol. The van der Waals surface area contributed by atoms with Crippen molar-refractivity contribution in [3.63, 3.8) is 0 Å². The molecule has 0 aliphatic heterocycles. The molecule has 0 saturated heterocycles. The third-order valence-corrected chi connectivity index (χ3v) is 7.96. The number of fused-ring (bicyclic) bond motifs is 1. The molecule has 1 atom stereocenters. The zero-order valence-corrected chi connectivity index (χ0v) is 23.9. The molecule has 210 valence electrons. The van der Waals surface area contributed by atoms with Gasteiger partial charge in [0.15, 0.2) is 0 Å². The van der Waals surface area contributed by atoms with Gasteiger partial charge in [-0.3, -0.25) is 4.79 Å². The Labute approximate surface area is 233 Å². The number of anilines is 3. The highest BCUT2D eigenvalue weighted by molar-refractivity contribution is 7.89. The minimum Gasteiger partial charge on any atom is -0.495 e. The monoisotopic (exact) mass is 563 g/mol. The lowest BCUT2D eigenvalue weighted by atomic mass is 10.0. The van der Waals surface area contributed by atoms with E-state index in [-0.39, 0.29) is 17.2 Å². The van der Waals surface area contributed by atoms with E-state index < -0.39 is 27.6 Å². The zero-order valence-electron chi connectivity index (χ0n) is 23.1. The predicted octanol–water partition coefficient (Wildman–Crippen LogP) is 5.21. The van der Waals surface area contributed by atoms with Gasteiger partial charge in [-0.05, 0) is 61.7 Å². The van der Waals surface area contributed by atoms with Gasteiger partial charge in [0.2, 0.25) is 15.9 Å². The highest BCUT2D eigenvalue weighted by Gasteiger charge is 2.27. The van der Waals surface area contributed by atoms with Crippen LogP contribution in [-0.2, 0) is 14.8 Å². The summed E-state index contributed by atoms with van der Waals surface area (Å²) in [6, 6.07) is 19.2. The van der Waals surface area contributed by atoms with Crippen LogP contribution in [0.15, 0.2) is 86.9 Å². The van der Waals surface area contributed by atoms with Gasteiger partial charge in [0, 0.05) is 24.2 Å². The number of ether oxygens (including phenoxy) is 1. The minimum absolute atomic E-state index is 0.0360. The number of aryl methyl sites for hydroxylation is 1. The molecular formula is C30H33N3O6S. The van der Waals surface area contributed by atoms with E-state index in [0.717, 1.165) is 10.9 Å². The van der Waals surface area contributed by atoms with Crippen LogP contribution in [0.5, 0.6) is 5.75 Å². The van der Waals surface area contributed by atoms with Crippen molar-refractivity contribution in [1.29, 1.82) is 0 Å². The van der Waals surface area contributed by atoms with Crippen LogP contribution in [0.4, 0.5) is 17.1 Å². The summed E-state index contributed by atoms with van der Waals surface area (Å²) < 4.78 is 39.6. The number of hydrogen-bond donors (Lipinski definition) is 2. The summed E-state index contributed by atoms with van der Waals surface area (Å²) in [6.07, 6.45) is 0.282. The molecule has 0 fully saturated rings. The van der Waals surface area contributed by atoms with E-state index in [9.17, 15) is 18.0 Å². The molecule has 9 nitrogen and oxygen atoms in total. The van der Waals surface area contributed by atoms with Crippen molar-refractivity contribution in [3.8, 4) is 5.75 Å². The van der Waals surface area contributed by atoms with Gasteiger partial charge in [0.1, 0.15) is 17.4 Å². The van der Waals surface area contributed by atoms with Gasteiger partial charge < -0.3 is 19.4 Å². The summed E-state index contributed by atoms with van der Waals surface area (Å²) in [6.45, 7) is 5.70. The van der Waals surface area contributed by atoms with Crippen LogP contribution >= 0.6 is 0 Å². The topological polar surface area (TPSA) is 118 Å². The summed E-state index contributed by atoms with van der Waals surface area (Å²) in [5.41, 5.74) is 2.53. The predicted molar refractivity (Wildman–Crippen MR) is 157 cm³/mol. The highest BCUT2D eigenvalue weighted by atomic mass is 32.2. The second-order valence-electron chi connectivity index (χ2n) is 10.00. The first-order valence-corrected chi connectivity index (χ1v) is 14.3. The molecule has 0 saturated carbocycles. The van der Waals surface area contributed by atoms with Crippen molar-refractivity contribution in [1.82, 2.24) is 4.72 Å². The summed E-state index contributed by atoms with van der Waals surface area (Å²) in [4.78, 5) is 27.6. The van der Waals surface area contributed by atoms with E-state index in [1.807, 2.05) is 32.9 Å². The lowest BCUT2D eigenvalue weighted by Gasteiger charge is -2.24. The van der Waals surface area contributed by atoms with Crippen LogP contribution in [0.1, 0.15) is 25.8 Å². The SMILES string of the molecule is COc1ccc(N(C)c2cc(=O)oc3ccccc23)cc1NC(=O)C(CC(C)C)NS(=O)(=O)c1ccc(C)cc1. The van der Waals surface area contributed by atoms with Crippen LogP contribution in [0.25, 0.3) is 11.0 Å². The van der Waals surface area contributed by atoms with E-state index in [0.29, 0.717) is 28.4 Å². The highest BCUT2D eigenvalue weighted by Crippen LogP contribution is 2.35. The lowest BCUT2D eigenvalue weighted by Crippen LogP contribution is -2.44. The molecule has 0 aliphatic rings. The molecule has 4 rings (SSSR count). The Bertz CT molecular complexity index is 1680. The van der Waals surface area contributed by atoms with Crippen LogP contribution in [0.3, 0.4) is 0 Å². The molecule has 3 aromatic carbocycles. The third-order valence-electron chi connectivity index (χ3n) is 6.47. The molecule has 1 amide bonds. The summed E-state index contributed by atoms with van der Waals surface area (Å²) >= 11 is 0. The second kappa shape index (κ2) is 11.9. The first-order chi connectivity index (χ1) is 19.0. The number of para-hydroxylation sites is 1. The molecule has 2 N–H and O–H groups in total. The smallest absolute Gasteiger partial charge is 0.338 e. The summed E-state index contributed by atoms with van der Waals surface area (Å²) in [7, 11) is -0.667. The molecule has 4 aromatic rings. The fraction of sp³-hybridized carbons (Fsp3) is 0.267. The number of rotatable bonds is 10.